The SMILES string of the molecule is CN(CC(=O)NC1CC1)Cc1cncc(Br)c1. The number of rotatable bonds is 5. The third-order valence-corrected chi connectivity index (χ3v) is 3.00. The van der Waals surface area contributed by atoms with Crippen molar-refractivity contribution in [1.29, 1.82) is 0 Å². The van der Waals surface area contributed by atoms with Gasteiger partial charge in [0.15, 0.2) is 0 Å². The van der Waals surface area contributed by atoms with Gasteiger partial charge in [-0.3, -0.25) is 14.7 Å². The van der Waals surface area contributed by atoms with Crippen molar-refractivity contribution in [3.8, 4) is 0 Å². The van der Waals surface area contributed by atoms with Crippen LogP contribution in [0.3, 0.4) is 0 Å². The predicted octanol–water partition coefficient (Wildman–Crippen LogP) is 1.55. The van der Waals surface area contributed by atoms with Gasteiger partial charge in [-0.1, -0.05) is 0 Å². The molecule has 1 aliphatic rings. The van der Waals surface area contributed by atoms with Crippen LogP contribution in [0.15, 0.2) is 22.9 Å². The molecule has 0 saturated heterocycles. The van der Waals surface area contributed by atoms with Crippen LogP contribution in [-0.2, 0) is 11.3 Å². The van der Waals surface area contributed by atoms with Gasteiger partial charge in [0.1, 0.15) is 0 Å². The van der Waals surface area contributed by atoms with E-state index < -0.39 is 0 Å². The number of carbonyl (C=O) groups is 1. The first kappa shape index (κ1) is 12.5. The van der Waals surface area contributed by atoms with E-state index in [1.807, 2.05) is 24.2 Å². The monoisotopic (exact) mass is 297 g/mol. The zero-order valence-electron chi connectivity index (χ0n) is 9.82. The number of hydrogen-bond donors (Lipinski definition) is 1. The topological polar surface area (TPSA) is 45.2 Å². The van der Waals surface area contributed by atoms with Gasteiger partial charge in [-0.15, -0.1) is 0 Å². The molecule has 17 heavy (non-hydrogen) atoms. The molecular formula is C12H16BrN3O. The van der Waals surface area contributed by atoms with Crippen LogP contribution < -0.4 is 5.32 Å². The minimum Gasteiger partial charge on any atom is -0.352 e. The van der Waals surface area contributed by atoms with Crippen LogP contribution in [0, 0.1) is 0 Å². The predicted molar refractivity (Wildman–Crippen MR) is 69.4 cm³/mol. The van der Waals surface area contributed by atoms with E-state index in [-0.39, 0.29) is 5.91 Å². The number of pyridine rings is 1. The molecule has 1 aliphatic carbocycles. The molecule has 1 N–H and O–H groups in total. The Morgan fingerprint density at radius 3 is 3.00 bits per heavy atom. The molecule has 1 fully saturated rings. The number of carbonyl (C=O) groups excluding carboxylic acids is 1. The highest BCUT2D eigenvalue weighted by Crippen LogP contribution is 2.18. The summed E-state index contributed by atoms with van der Waals surface area (Å²) in [5.41, 5.74) is 1.10. The number of nitrogens with zero attached hydrogens (tertiary/aromatic N) is 2. The van der Waals surface area contributed by atoms with E-state index in [2.05, 4.69) is 26.2 Å². The fraction of sp³-hybridized carbons (Fsp3) is 0.500. The van der Waals surface area contributed by atoms with Crippen LogP contribution in [0.4, 0.5) is 0 Å². The third-order valence-electron chi connectivity index (χ3n) is 2.57. The first-order valence-electron chi connectivity index (χ1n) is 5.71. The number of likely N-dealkylation sites (N-methyl/N-ethyl adjacent to an activating group) is 1. The van der Waals surface area contributed by atoms with E-state index in [1.165, 1.54) is 0 Å². The van der Waals surface area contributed by atoms with Crippen LogP contribution >= 0.6 is 15.9 Å². The van der Waals surface area contributed by atoms with Crippen molar-refractivity contribution in [1.82, 2.24) is 15.2 Å². The molecule has 1 aromatic rings. The van der Waals surface area contributed by atoms with Crippen molar-refractivity contribution >= 4 is 21.8 Å². The summed E-state index contributed by atoms with van der Waals surface area (Å²) >= 11 is 3.38. The normalized spacial score (nSPS) is 15.0. The van der Waals surface area contributed by atoms with E-state index in [0.717, 1.165) is 29.4 Å². The number of nitrogens with one attached hydrogen (secondary N) is 1. The summed E-state index contributed by atoms with van der Waals surface area (Å²) in [5.74, 6) is 0.109. The molecule has 0 atom stereocenters. The molecule has 1 amide bonds. The Labute approximate surface area is 110 Å². The van der Waals surface area contributed by atoms with Gasteiger partial charge in [0.25, 0.3) is 0 Å². The molecule has 4 nitrogen and oxygen atoms in total. The number of halogens is 1. The number of amides is 1. The maximum Gasteiger partial charge on any atom is 0.234 e. The summed E-state index contributed by atoms with van der Waals surface area (Å²) in [6, 6.07) is 2.45. The Balaban J connectivity index is 1.79. The van der Waals surface area contributed by atoms with E-state index in [1.54, 1.807) is 6.20 Å². The lowest BCUT2D eigenvalue weighted by Crippen LogP contribution is -2.35. The lowest BCUT2D eigenvalue weighted by atomic mass is 10.3. The first-order valence-corrected chi connectivity index (χ1v) is 6.50. The Hall–Kier alpha value is -0.940. The Morgan fingerprint density at radius 2 is 2.35 bits per heavy atom. The smallest absolute Gasteiger partial charge is 0.234 e. The lowest BCUT2D eigenvalue weighted by Gasteiger charge is -2.16. The fourth-order valence-electron chi connectivity index (χ4n) is 1.66. The van der Waals surface area contributed by atoms with Gasteiger partial charge in [-0.05, 0) is 47.4 Å². The molecular weight excluding hydrogens is 282 g/mol. The molecule has 0 aliphatic heterocycles. The number of hydrogen-bond acceptors (Lipinski definition) is 3. The third kappa shape index (κ3) is 4.44. The summed E-state index contributed by atoms with van der Waals surface area (Å²) in [5, 5.41) is 2.98. The lowest BCUT2D eigenvalue weighted by molar-refractivity contribution is -0.122. The molecule has 0 radical (unpaired) electrons. The van der Waals surface area contributed by atoms with E-state index in [0.29, 0.717) is 12.6 Å². The van der Waals surface area contributed by atoms with Gasteiger partial charge < -0.3 is 5.32 Å². The standard InChI is InChI=1S/C12H16BrN3O/c1-16(8-12(17)15-11-2-3-11)7-9-4-10(13)6-14-5-9/h4-6,11H,2-3,7-8H2,1H3,(H,15,17). The molecule has 92 valence electrons. The second kappa shape index (κ2) is 5.60. The first-order chi connectivity index (χ1) is 8.13. The average molecular weight is 298 g/mol. The van der Waals surface area contributed by atoms with Crippen LogP contribution in [0.2, 0.25) is 0 Å². The highest BCUT2D eigenvalue weighted by Gasteiger charge is 2.23. The maximum atomic E-state index is 11.6. The Morgan fingerprint density at radius 1 is 1.59 bits per heavy atom. The summed E-state index contributed by atoms with van der Waals surface area (Å²) in [6.07, 6.45) is 5.83. The summed E-state index contributed by atoms with van der Waals surface area (Å²) in [6.45, 7) is 1.16. The molecule has 0 unspecified atom stereocenters. The molecule has 5 heteroatoms. The van der Waals surface area contributed by atoms with Gasteiger partial charge in [0.2, 0.25) is 5.91 Å². The minimum absolute atomic E-state index is 0.109. The molecule has 1 heterocycles. The summed E-state index contributed by atoms with van der Waals surface area (Å²) in [4.78, 5) is 17.7. The van der Waals surface area contributed by atoms with Gasteiger partial charge in [0.05, 0.1) is 6.54 Å². The largest absolute Gasteiger partial charge is 0.352 e. The molecule has 0 bridgehead atoms. The van der Waals surface area contributed by atoms with Gasteiger partial charge in [-0.25, -0.2) is 0 Å². The van der Waals surface area contributed by atoms with Crippen molar-refractivity contribution in [3.63, 3.8) is 0 Å². The quantitative estimate of drug-likeness (QED) is 0.897. The Bertz CT molecular complexity index is 406. The molecule has 1 saturated carbocycles. The summed E-state index contributed by atoms with van der Waals surface area (Å²) in [7, 11) is 1.94. The van der Waals surface area contributed by atoms with E-state index >= 15 is 0 Å². The second-order valence-corrected chi connectivity index (χ2v) is 5.44. The van der Waals surface area contributed by atoms with Crippen molar-refractivity contribution in [3.05, 3.63) is 28.5 Å². The molecule has 0 aromatic carbocycles. The van der Waals surface area contributed by atoms with Gasteiger partial charge >= 0.3 is 0 Å². The van der Waals surface area contributed by atoms with Crippen LogP contribution in [0.25, 0.3) is 0 Å². The van der Waals surface area contributed by atoms with E-state index in [4.69, 9.17) is 0 Å². The van der Waals surface area contributed by atoms with Crippen LogP contribution in [0.1, 0.15) is 18.4 Å². The highest BCUT2D eigenvalue weighted by atomic mass is 79.9. The van der Waals surface area contributed by atoms with E-state index in [9.17, 15) is 4.79 Å². The minimum atomic E-state index is 0.109. The maximum absolute atomic E-state index is 11.6. The Kier molecular flexibility index (Phi) is 4.12. The average Bonchev–Trinajstić information content (AvgIpc) is 3.00. The van der Waals surface area contributed by atoms with Crippen molar-refractivity contribution < 1.29 is 4.79 Å². The highest BCUT2D eigenvalue weighted by molar-refractivity contribution is 9.10. The van der Waals surface area contributed by atoms with Crippen LogP contribution in [-0.4, -0.2) is 35.4 Å². The molecule has 2 rings (SSSR count). The molecule has 1 aromatic heterocycles. The fourth-order valence-corrected chi connectivity index (χ4v) is 2.07. The van der Waals surface area contributed by atoms with Gasteiger partial charge in [0, 0.05) is 29.5 Å². The van der Waals surface area contributed by atoms with Crippen molar-refractivity contribution in [2.75, 3.05) is 13.6 Å². The number of aromatic nitrogens is 1. The zero-order valence-corrected chi connectivity index (χ0v) is 11.4. The summed E-state index contributed by atoms with van der Waals surface area (Å²) < 4.78 is 0.964. The molecule has 0 spiro atoms. The zero-order chi connectivity index (χ0) is 12.3. The van der Waals surface area contributed by atoms with Crippen LogP contribution in [0.5, 0.6) is 0 Å². The van der Waals surface area contributed by atoms with Crippen molar-refractivity contribution in [2.24, 2.45) is 0 Å². The second-order valence-electron chi connectivity index (χ2n) is 4.53. The van der Waals surface area contributed by atoms with Gasteiger partial charge in [-0.2, -0.15) is 0 Å². The van der Waals surface area contributed by atoms with Crippen molar-refractivity contribution in [2.45, 2.75) is 25.4 Å².